The first-order valence-corrected chi connectivity index (χ1v) is 10.3. The molecule has 1 aliphatic rings. The summed E-state index contributed by atoms with van der Waals surface area (Å²) < 4.78 is 49.7. The number of alkyl halides is 2. The maximum atomic E-state index is 14.7. The Balaban J connectivity index is 1.36. The monoisotopic (exact) mass is 453 g/mol. The summed E-state index contributed by atoms with van der Waals surface area (Å²) in [5.74, 6) is -3.96. The molecular formula is C23H18F3N5O2. The largest absolute Gasteiger partial charge is 0.466 e. The third-order valence-corrected chi connectivity index (χ3v) is 5.53. The van der Waals surface area contributed by atoms with Crippen molar-refractivity contribution in [2.24, 2.45) is 0 Å². The molecule has 0 aliphatic carbocycles. The molecule has 4 aromatic rings. The number of rotatable bonds is 4. The summed E-state index contributed by atoms with van der Waals surface area (Å²) in [6.07, 6.45) is 1.05. The first-order valence-electron chi connectivity index (χ1n) is 10.3. The van der Waals surface area contributed by atoms with Crippen LogP contribution in [0.3, 0.4) is 0 Å². The second kappa shape index (κ2) is 8.19. The summed E-state index contributed by atoms with van der Waals surface area (Å²) in [4.78, 5) is 18.6. The molecule has 5 rings (SSSR count). The van der Waals surface area contributed by atoms with Gasteiger partial charge < -0.3 is 9.64 Å². The van der Waals surface area contributed by atoms with Gasteiger partial charge >= 0.3 is 0 Å². The lowest BCUT2D eigenvalue weighted by Crippen LogP contribution is -2.55. The molecular weight excluding hydrogens is 435 g/mol. The van der Waals surface area contributed by atoms with Gasteiger partial charge in [-0.05, 0) is 42.5 Å². The molecule has 0 spiro atoms. The molecule has 1 saturated heterocycles. The average Bonchev–Trinajstić information content (AvgIpc) is 3.35. The van der Waals surface area contributed by atoms with Crippen molar-refractivity contribution < 1.29 is 22.7 Å². The molecule has 3 heterocycles. The van der Waals surface area contributed by atoms with Gasteiger partial charge in [-0.25, -0.2) is 22.8 Å². The third kappa shape index (κ3) is 4.23. The number of fused-ring (bicyclic) bond motifs is 1. The van der Waals surface area contributed by atoms with Gasteiger partial charge in [-0.15, -0.1) is 5.10 Å². The van der Waals surface area contributed by atoms with Gasteiger partial charge in [0.1, 0.15) is 5.82 Å². The van der Waals surface area contributed by atoms with Crippen molar-refractivity contribution in [1.82, 2.24) is 24.9 Å². The van der Waals surface area contributed by atoms with Gasteiger partial charge in [-0.2, -0.15) is 0 Å². The van der Waals surface area contributed by atoms with E-state index in [4.69, 9.17) is 4.74 Å². The molecule has 2 aromatic heterocycles. The number of carbonyl (C=O) groups excluding carboxylic acids is 1. The first kappa shape index (κ1) is 20.9. The predicted molar refractivity (Wildman–Crippen MR) is 113 cm³/mol. The van der Waals surface area contributed by atoms with E-state index in [2.05, 4.69) is 15.3 Å². The first-order chi connectivity index (χ1) is 15.9. The summed E-state index contributed by atoms with van der Waals surface area (Å²) in [6, 6.07) is 13.7. The molecule has 168 valence electrons. The second-order valence-electron chi connectivity index (χ2n) is 7.75. The number of amides is 1. The molecule has 1 unspecified atom stereocenters. The Morgan fingerprint density at radius 2 is 2.00 bits per heavy atom. The van der Waals surface area contributed by atoms with E-state index in [0.29, 0.717) is 22.2 Å². The van der Waals surface area contributed by atoms with Crippen LogP contribution in [-0.2, 0) is 0 Å². The van der Waals surface area contributed by atoms with Crippen molar-refractivity contribution in [3.05, 3.63) is 78.4 Å². The van der Waals surface area contributed by atoms with E-state index in [0.717, 1.165) is 0 Å². The number of carbonyl (C=O) groups is 1. The highest BCUT2D eigenvalue weighted by Gasteiger charge is 2.47. The number of piperidine rings is 1. The van der Waals surface area contributed by atoms with Crippen LogP contribution in [0, 0.1) is 5.82 Å². The van der Waals surface area contributed by atoms with E-state index < -0.39 is 24.3 Å². The molecule has 1 aliphatic heterocycles. The summed E-state index contributed by atoms with van der Waals surface area (Å²) >= 11 is 0. The number of pyridine rings is 1. The van der Waals surface area contributed by atoms with Crippen molar-refractivity contribution >= 4 is 16.8 Å². The van der Waals surface area contributed by atoms with Crippen LogP contribution >= 0.6 is 0 Å². The fraction of sp³-hybridized carbons (Fsp3) is 0.217. The van der Waals surface area contributed by atoms with Gasteiger partial charge in [0, 0.05) is 30.0 Å². The fourth-order valence-electron chi connectivity index (χ4n) is 3.78. The van der Waals surface area contributed by atoms with E-state index in [1.165, 1.54) is 40.0 Å². The lowest BCUT2D eigenvalue weighted by Gasteiger charge is -2.38. The molecule has 33 heavy (non-hydrogen) atoms. The lowest BCUT2D eigenvalue weighted by molar-refractivity contribution is -0.131. The number of halogens is 3. The fourth-order valence-corrected chi connectivity index (χ4v) is 3.78. The van der Waals surface area contributed by atoms with Gasteiger partial charge in [-0.3, -0.25) is 4.79 Å². The summed E-state index contributed by atoms with van der Waals surface area (Å²) in [5.41, 5.74) is 1.40. The zero-order valence-corrected chi connectivity index (χ0v) is 17.2. The zero-order chi connectivity index (χ0) is 23.0. The minimum absolute atomic E-state index is 0.0127. The van der Waals surface area contributed by atoms with Gasteiger partial charge in [-0.1, -0.05) is 11.3 Å². The molecule has 2 aromatic carbocycles. The Morgan fingerprint density at radius 3 is 2.82 bits per heavy atom. The molecule has 0 saturated carbocycles. The van der Waals surface area contributed by atoms with Crippen molar-refractivity contribution in [3.63, 3.8) is 0 Å². The Kier molecular flexibility index (Phi) is 5.20. The smallest absolute Gasteiger partial charge is 0.287 e. The van der Waals surface area contributed by atoms with Crippen LogP contribution in [0.1, 0.15) is 16.8 Å². The predicted octanol–water partition coefficient (Wildman–Crippen LogP) is 3.88. The lowest BCUT2D eigenvalue weighted by atomic mass is 10.0. The number of aromatic nitrogens is 4. The Morgan fingerprint density at radius 1 is 1.12 bits per heavy atom. The van der Waals surface area contributed by atoms with E-state index in [-0.39, 0.29) is 24.9 Å². The summed E-state index contributed by atoms with van der Waals surface area (Å²) in [5, 5.41) is 8.17. The van der Waals surface area contributed by atoms with Gasteiger partial charge in [0.2, 0.25) is 5.88 Å². The van der Waals surface area contributed by atoms with Crippen LogP contribution < -0.4 is 4.74 Å². The Labute approximate surface area is 186 Å². The molecule has 1 amide bonds. The minimum atomic E-state index is -3.14. The maximum Gasteiger partial charge on any atom is 0.287 e. The van der Waals surface area contributed by atoms with Crippen molar-refractivity contribution in [3.8, 4) is 11.6 Å². The van der Waals surface area contributed by atoms with Crippen LogP contribution in [0.5, 0.6) is 5.88 Å². The van der Waals surface area contributed by atoms with Crippen LogP contribution in [-0.4, -0.2) is 55.9 Å². The maximum absolute atomic E-state index is 14.7. The SMILES string of the molecule is O=C(c1cccc(-n2ccnn2)c1)N1CCC(F)(F)C(Oc2ccc3cc(F)ccc3n2)C1. The van der Waals surface area contributed by atoms with Crippen LogP contribution in [0.25, 0.3) is 16.6 Å². The van der Waals surface area contributed by atoms with Crippen molar-refractivity contribution in [2.75, 3.05) is 13.1 Å². The molecule has 1 atom stereocenters. The molecule has 1 fully saturated rings. The van der Waals surface area contributed by atoms with Crippen molar-refractivity contribution in [1.29, 1.82) is 0 Å². The number of likely N-dealkylation sites (tertiary alicyclic amines) is 1. The number of ether oxygens (including phenoxy) is 1. The van der Waals surface area contributed by atoms with Gasteiger partial charge in [0.25, 0.3) is 11.8 Å². The van der Waals surface area contributed by atoms with E-state index in [1.807, 2.05) is 0 Å². The number of hydrogen-bond acceptors (Lipinski definition) is 5. The quantitative estimate of drug-likeness (QED) is 0.469. The van der Waals surface area contributed by atoms with Crippen molar-refractivity contribution in [2.45, 2.75) is 18.4 Å². The third-order valence-electron chi connectivity index (χ3n) is 5.53. The molecule has 7 nitrogen and oxygen atoms in total. The molecule has 0 bridgehead atoms. The minimum Gasteiger partial charge on any atom is -0.466 e. The topological polar surface area (TPSA) is 73.1 Å². The molecule has 10 heteroatoms. The summed E-state index contributed by atoms with van der Waals surface area (Å²) in [7, 11) is 0. The average molecular weight is 453 g/mol. The zero-order valence-electron chi connectivity index (χ0n) is 17.2. The summed E-state index contributed by atoms with van der Waals surface area (Å²) in [6.45, 7) is -0.411. The Hall–Kier alpha value is -3.95. The van der Waals surface area contributed by atoms with Crippen LogP contribution in [0.15, 0.2) is 67.0 Å². The van der Waals surface area contributed by atoms with E-state index in [9.17, 15) is 18.0 Å². The van der Waals surface area contributed by atoms with Crippen LogP contribution in [0.2, 0.25) is 0 Å². The standard InChI is InChI=1S/C23H18F3N5O2/c24-17-5-6-19-15(12-17)4-7-21(28-19)33-20-14-30(10-8-23(20,25)26)22(32)16-2-1-3-18(13-16)31-11-9-27-29-31/h1-7,9,11-13,20H,8,10,14H2. The Bertz CT molecular complexity index is 1310. The highest BCUT2D eigenvalue weighted by molar-refractivity contribution is 5.94. The second-order valence-corrected chi connectivity index (χ2v) is 7.75. The number of benzene rings is 2. The van der Waals surface area contributed by atoms with Crippen LogP contribution in [0.4, 0.5) is 13.2 Å². The van der Waals surface area contributed by atoms with E-state index >= 15 is 0 Å². The highest BCUT2D eigenvalue weighted by Crippen LogP contribution is 2.32. The number of hydrogen-bond donors (Lipinski definition) is 0. The highest BCUT2D eigenvalue weighted by atomic mass is 19.3. The number of nitrogens with zero attached hydrogens (tertiary/aromatic N) is 5. The molecule has 0 N–H and O–H groups in total. The van der Waals surface area contributed by atoms with E-state index in [1.54, 1.807) is 36.5 Å². The molecule has 0 radical (unpaired) electrons. The van der Waals surface area contributed by atoms with Gasteiger partial charge in [0.15, 0.2) is 6.10 Å². The van der Waals surface area contributed by atoms with Gasteiger partial charge in [0.05, 0.1) is 30.1 Å². The normalized spacial score (nSPS) is 17.8.